The molecule has 1 N–H and O–H groups in total. The first-order chi connectivity index (χ1) is 11.6. The molecule has 3 rings (SSSR count). The second kappa shape index (κ2) is 7.63. The molecule has 0 aliphatic carbocycles. The standard InChI is InChI=1S/C17H18N4OS2/c1-12-10-23-17(19-12)24-11-14(22)20-15(13-6-4-3-5-7-13)16-18-8-9-21(16)2/h3-10,15H,11H2,1-2H3,(H,20,22)/t15-/m0/s1. The first kappa shape index (κ1) is 16.7. The van der Waals surface area contributed by atoms with Crippen LogP contribution < -0.4 is 5.32 Å². The number of carbonyl (C=O) groups is 1. The quantitative estimate of drug-likeness (QED) is 0.688. The molecular formula is C17H18N4OS2. The van der Waals surface area contributed by atoms with E-state index in [1.54, 1.807) is 17.5 Å². The average molecular weight is 358 g/mol. The molecule has 7 heteroatoms. The van der Waals surface area contributed by atoms with Crippen molar-refractivity contribution in [1.82, 2.24) is 19.9 Å². The number of nitrogens with zero attached hydrogens (tertiary/aromatic N) is 3. The third kappa shape index (κ3) is 4.04. The van der Waals surface area contributed by atoms with Crippen LogP contribution in [-0.4, -0.2) is 26.2 Å². The van der Waals surface area contributed by atoms with Gasteiger partial charge in [-0.25, -0.2) is 9.97 Å². The molecule has 0 unspecified atom stereocenters. The first-order valence-corrected chi connectivity index (χ1v) is 9.36. The van der Waals surface area contributed by atoms with Crippen molar-refractivity contribution in [2.75, 3.05) is 5.75 Å². The largest absolute Gasteiger partial charge is 0.341 e. The van der Waals surface area contributed by atoms with Gasteiger partial charge < -0.3 is 9.88 Å². The van der Waals surface area contributed by atoms with Crippen molar-refractivity contribution in [3.8, 4) is 0 Å². The SMILES string of the molecule is Cc1csc(SCC(=O)N[C@@H](c2ccccc2)c2nccn2C)n1. The summed E-state index contributed by atoms with van der Waals surface area (Å²) in [5.41, 5.74) is 1.99. The second-order valence-corrected chi connectivity index (χ2v) is 7.43. The molecule has 0 aliphatic heterocycles. The number of carbonyl (C=O) groups excluding carboxylic acids is 1. The fourth-order valence-electron chi connectivity index (χ4n) is 2.33. The third-order valence-electron chi connectivity index (χ3n) is 3.48. The zero-order chi connectivity index (χ0) is 16.9. The average Bonchev–Trinajstić information content (AvgIpc) is 3.20. The van der Waals surface area contributed by atoms with Crippen LogP contribution in [0.1, 0.15) is 23.1 Å². The molecule has 1 atom stereocenters. The van der Waals surface area contributed by atoms with Crippen molar-refractivity contribution in [3.63, 3.8) is 0 Å². The number of aromatic nitrogens is 3. The van der Waals surface area contributed by atoms with Gasteiger partial charge >= 0.3 is 0 Å². The number of rotatable bonds is 6. The molecule has 3 aromatic rings. The molecule has 0 bridgehead atoms. The van der Waals surface area contributed by atoms with Gasteiger partial charge in [0.25, 0.3) is 0 Å². The summed E-state index contributed by atoms with van der Waals surface area (Å²) >= 11 is 3.02. The second-order valence-electron chi connectivity index (χ2n) is 5.35. The highest BCUT2D eigenvalue weighted by Crippen LogP contribution is 2.24. The Hall–Kier alpha value is -2.12. The van der Waals surface area contributed by atoms with E-state index in [0.29, 0.717) is 5.75 Å². The number of amides is 1. The summed E-state index contributed by atoms with van der Waals surface area (Å²) in [6.45, 7) is 1.95. The molecule has 5 nitrogen and oxygen atoms in total. The van der Waals surface area contributed by atoms with Crippen molar-refractivity contribution in [2.24, 2.45) is 7.05 Å². The maximum absolute atomic E-state index is 12.4. The molecule has 0 fully saturated rings. The Balaban J connectivity index is 1.72. The van der Waals surface area contributed by atoms with Gasteiger partial charge in [0.05, 0.1) is 5.75 Å². The van der Waals surface area contributed by atoms with Gasteiger partial charge in [0.2, 0.25) is 5.91 Å². The topological polar surface area (TPSA) is 59.8 Å². The minimum absolute atomic E-state index is 0.0373. The lowest BCUT2D eigenvalue weighted by Gasteiger charge is -2.19. The van der Waals surface area contributed by atoms with E-state index in [1.807, 2.05) is 60.4 Å². The molecule has 2 heterocycles. The number of imidazole rings is 1. The summed E-state index contributed by atoms with van der Waals surface area (Å²) in [6.07, 6.45) is 3.62. The summed E-state index contributed by atoms with van der Waals surface area (Å²) in [5.74, 6) is 1.11. The van der Waals surface area contributed by atoms with E-state index in [1.165, 1.54) is 11.8 Å². The Kier molecular flexibility index (Phi) is 5.32. The van der Waals surface area contributed by atoms with Crippen molar-refractivity contribution in [1.29, 1.82) is 0 Å². The monoisotopic (exact) mass is 358 g/mol. The summed E-state index contributed by atoms with van der Waals surface area (Å²) < 4.78 is 2.84. The van der Waals surface area contributed by atoms with Crippen molar-refractivity contribution in [2.45, 2.75) is 17.3 Å². The predicted octanol–water partition coefficient (Wildman–Crippen LogP) is 3.18. The lowest BCUT2D eigenvalue weighted by atomic mass is 10.1. The van der Waals surface area contributed by atoms with Crippen molar-refractivity contribution < 1.29 is 4.79 Å². The molecule has 124 valence electrons. The number of hydrogen-bond acceptors (Lipinski definition) is 5. The highest BCUT2D eigenvalue weighted by atomic mass is 32.2. The maximum atomic E-state index is 12.4. The van der Waals surface area contributed by atoms with Crippen LogP contribution in [0.2, 0.25) is 0 Å². The van der Waals surface area contributed by atoms with E-state index in [-0.39, 0.29) is 11.9 Å². The van der Waals surface area contributed by atoms with Crippen LogP contribution in [0.3, 0.4) is 0 Å². The molecule has 1 amide bonds. The Bertz CT molecular complexity index is 813. The van der Waals surface area contributed by atoms with Gasteiger partial charge in [-0.05, 0) is 12.5 Å². The minimum atomic E-state index is -0.266. The molecule has 1 aromatic carbocycles. The zero-order valence-electron chi connectivity index (χ0n) is 13.5. The summed E-state index contributed by atoms with van der Waals surface area (Å²) in [6, 6.07) is 9.61. The van der Waals surface area contributed by atoms with E-state index >= 15 is 0 Å². The fraction of sp³-hybridized carbons (Fsp3) is 0.235. The van der Waals surface area contributed by atoms with Gasteiger partial charge in [0.15, 0.2) is 4.34 Å². The van der Waals surface area contributed by atoms with Gasteiger partial charge in [0, 0.05) is 30.5 Å². The fourth-order valence-corrected chi connectivity index (χ4v) is 3.99. The lowest BCUT2D eigenvalue weighted by molar-refractivity contribution is -0.119. The maximum Gasteiger partial charge on any atom is 0.231 e. The highest BCUT2D eigenvalue weighted by molar-refractivity contribution is 8.01. The van der Waals surface area contributed by atoms with Gasteiger partial charge in [0.1, 0.15) is 11.9 Å². The van der Waals surface area contributed by atoms with Crippen LogP contribution >= 0.6 is 23.1 Å². The van der Waals surface area contributed by atoms with Gasteiger partial charge in [-0.15, -0.1) is 11.3 Å². The number of hydrogen-bond donors (Lipinski definition) is 1. The van der Waals surface area contributed by atoms with Gasteiger partial charge in [-0.2, -0.15) is 0 Å². The molecular weight excluding hydrogens is 340 g/mol. The summed E-state index contributed by atoms with van der Waals surface area (Å²) in [5, 5.41) is 5.07. The van der Waals surface area contributed by atoms with Gasteiger partial charge in [-0.1, -0.05) is 42.1 Å². The smallest absolute Gasteiger partial charge is 0.231 e. The highest BCUT2D eigenvalue weighted by Gasteiger charge is 2.20. The molecule has 0 saturated carbocycles. The van der Waals surface area contributed by atoms with Crippen molar-refractivity contribution >= 4 is 29.0 Å². The molecule has 0 radical (unpaired) electrons. The van der Waals surface area contributed by atoms with E-state index < -0.39 is 0 Å². The number of thiazole rings is 1. The number of benzene rings is 1. The van der Waals surface area contributed by atoms with Crippen LogP contribution in [0.15, 0.2) is 52.4 Å². The molecule has 0 saturated heterocycles. The minimum Gasteiger partial charge on any atom is -0.341 e. The molecule has 0 aliphatic rings. The Labute approximate surface area is 149 Å². The van der Waals surface area contributed by atoms with E-state index in [2.05, 4.69) is 15.3 Å². The van der Waals surface area contributed by atoms with Gasteiger partial charge in [-0.3, -0.25) is 4.79 Å². The normalized spacial score (nSPS) is 12.1. The van der Waals surface area contributed by atoms with Crippen LogP contribution in [0.25, 0.3) is 0 Å². The number of aryl methyl sites for hydroxylation is 2. The Morgan fingerprint density at radius 2 is 2.17 bits per heavy atom. The van der Waals surface area contributed by atoms with E-state index in [9.17, 15) is 4.79 Å². The zero-order valence-corrected chi connectivity index (χ0v) is 15.1. The van der Waals surface area contributed by atoms with Crippen molar-refractivity contribution in [3.05, 3.63) is 65.2 Å². The lowest BCUT2D eigenvalue weighted by Crippen LogP contribution is -2.32. The number of nitrogens with one attached hydrogen (secondary N) is 1. The van der Waals surface area contributed by atoms with E-state index in [0.717, 1.165) is 21.4 Å². The van der Waals surface area contributed by atoms with Crippen LogP contribution in [0, 0.1) is 6.92 Å². The molecule has 24 heavy (non-hydrogen) atoms. The Morgan fingerprint density at radius 1 is 1.38 bits per heavy atom. The van der Waals surface area contributed by atoms with Crippen LogP contribution in [0.4, 0.5) is 0 Å². The van der Waals surface area contributed by atoms with Crippen LogP contribution in [0.5, 0.6) is 0 Å². The number of thioether (sulfide) groups is 1. The summed E-state index contributed by atoms with van der Waals surface area (Å²) in [4.78, 5) is 21.2. The molecule has 2 aromatic heterocycles. The van der Waals surface area contributed by atoms with E-state index in [4.69, 9.17) is 0 Å². The third-order valence-corrected chi connectivity index (χ3v) is 5.62. The predicted molar refractivity (Wildman–Crippen MR) is 97.2 cm³/mol. The summed E-state index contributed by atoms with van der Waals surface area (Å²) in [7, 11) is 1.93. The first-order valence-electron chi connectivity index (χ1n) is 7.50. The molecule has 0 spiro atoms. The Morgan fingerprint density at radius 3 is 2.79 bits per heavy atom. The van der Waals surface area contributed by atoms with Crippen LogP contribution in [-0.2, 0) is 11.8 Å².